The van der Waals surface area contributed by atoms with Gasteiger partial charge in [-0.25, -0.2) is 4.98 Å². The van der Waals surface area contributed by atoms with Gasteiger partial charge in [-0.2, -0.15) is 0 Å². The summed E-state index contributed by atoms with van der Waals surface area (Å²) in [4.78, 5) is 7.04. The van der Waals surface area contributed by atoms with E-state index in [4.69, 9.17) is 4.74 Å². The van der Waals surface area contributed by atoms with Crippen LogP contribution in [0.3, 0.4) is 0 Å². The van der Waals surface area contributed by atoms with Crippen molar-refractivity contribution in [3.05, 3.63) is 23.9 Å². The number of nitrogens with zero attached hydrogens (tertiary/aromatic N) is 2. The summed E-state index contributed by atoms with van der Waals surface area (Å²) in [6, 6.07) is 4.74. The number of aromatic nitrogens is 1. The van der Waals surface area contributed by atoms with Crippen LogP contribution >= 0.6 is 0 Å². The lowest BCUT2D eigenvalue weighted by Crippen LogP contribution is -2.34. The van der Waals surface area contributed by atoms with Crippen LogP contribution in [-0.4, -0.2) is 29.1 Å². The molecule has 1 aromatic rings. The lowest BCUT2D eigenvalue weighted by Gasteiger charge is -2.35. The summed E-state index contributed by atoms with van der Waals surface area (Å²) in [5, 5.41) is 0. The van der Waals surface area contributed by atoms with E-state index in [1.54, 1.807) is 0 Å². The second-order valence-corrected chi connectivity index (χ2v) is 5.64. The Morgan fingerprint density at radius 1 is 1.37 bits per heavy atom. The molecule has 106 valence electrons. The molecular formula is C16H26N2O. The van der Waals surface area contributed by atoms with E-state index >= 15 is 0 Å². The Bertz CT molecular complexity index is 373. The number of rotatable bonds is 5. The quantitative estimate of drug-likeness (QED) is 0.807. The van der Waals surface area contributed by atoms with Gasteiger partial charge in [0.1, 0.15) is 0 Å². The molecule has 2 heterocycles. The molecule has 0 amide bonds. The van der Waals surface area contributed by atoms with E-state index in [1.165, 1.54) is 44.3 Å². The molecule has 2 rings (SSSR count). The minimum absolute atomic E-state index is 0.185. The fraction of sp³-hybridized carbons (Fsp3) is 0.688. The van der Waals surface area contributed by atoms with Crippen molar-refractivity contribution >= 4 is 0 Å². The zero-order valence-electron chi connectivity index (χ0n) is 12.4. The minimum atomic E-state index is 0.185. The maximum Gasteiger partial charge on any atom is 0.213 e. The molecular weight excluding hydrogens is 236 g/mol. The first-order chi connectivity index (χ1) is 9.20. The van der Waals surface area contributed by atoms with E-state index in [-0.39, 0.29) is 6.10 Å². The highest BCUT2D eigenvalue weighted by atomic mass is 16.5. The molecule has 0 spiro atoms. The van der Waals surface area contributed by atoms with Gasteiger partial charge in [0.2, 0.25) is 5.88 Å². The SMILES string of the molecule is CCCN1CCCC[C@H]1c1ccc(OC(C)C)nc1. The van der Waals surface area contributed by atoms with Crippen molar-refractivity contribution in [2.75, 3.05) is 13.1 Å². The number of piperidine rings is 1. The summed E-state index contributed by atoms with van der Waals surface area (Å²) in [6.45, 7) is 8.72. The summed E-state index contributed by atoms with van der Waals surface area (Å²) in [5.41, 5.74) is 1.34. The second-order valence-electron chi connectivity index (χ2n) is 5.64. The van der Waals surface area contributed by atoms with Crippen LogP contribution in [0.5, 0.6) is 5.88 Å². The number of hydrogen-bond acceptors (Lipinski definition) is 3. The molecule has 1 fully saturated rings. The van der Waals surface area contributed by atoms with Gasteiger partial charge in [-0.3, -0.25) is 4.90 Å². The van der Waals surface area contributed by atoms with Gasteiger partial charge in [-0.1, -0.05) is 19.4 Å². The Kier molecular flexibility index (Phi) is 5.20. The number of pyridine rings is 1. The van der Waals surface area contributed by atoms with Crippen molar-refractivity contribution in [2.45, 2.75) is 58.6 Å². The van der Waals surface area contributed by atoms with Crippen LogP contribution in [0.1, 0.15) is 58.1 Å². The Balaban J connectivity index is 2.06. The molecule has 1 aliphatic rings. The van der Waals surface area contributed by atoms with E-state index in [2.05, 4.69) is 22.9 Å². The molecule has 0 aromatic carbocycles. The van der Waals surface area contributed by atoms with Gasteiger partial charge in [0.25, 0.3) is 0 Å². The predicted molar refractivity (Wildman–Crippen MR) is 78.5 cm³/mol. The molecule has 0 saturated carbocycles. The lowest BCUT2D eigenvalue weighted by molar-refractivity contribution is 0.148. The first kappa shape index (κ1) is 14.3. The molecule has 1 aromatic heterocycles. The fourth-order valence-corrected chi connectivity index (χ4v) is 2.82. The zero-order chi connectivity index (χ0) is 13.7. The zero-order valence-corrected chi connectivity index (χ0v) is 12.4. The molecule has 3 heteroatoms. The first-order valence-electron chi connectivity index (χ1n) is 7.57. The van der Waals surface area contributed by atoms with Crippen LogP contribution < -0.4 is 4.74 Å². The van der Waals surface area contributed by atoms with E-state index in [0.717, 1.165) is 5.88 Å². The van der Waals surface area contributed by atoms with Crippen molar-refractivity contribution in [1.82, 2.24) is 9.88 Å². The lowest BCUT2D eigenvalue weighted by atomic mass is 9.96. The molecule has 1 aliphatic heterocycles. The van der Waals surface area contributed by atoms with Gasteiger partial charge in [0, 0.05) is 18.3 Å². The maximum absolute atomic E-state index is 5.61. The normalized spacial score (nSPS) is 20.7. The summed E-state index contributed by atoms with van der Waals surface area (Å²) in [7, 11) is 0. The molecule has 0 N–H and O–H groups in total. The highest BCUT2D eigenvalue weighted by Crippen LogP contribution is 2.31. The monoisotopic (exact) mass is 262 g/mol. The van der Waals surface area contributed by atoms with Gasteiger partial charge >= 0.3 is 0 Å². The Labute approximate surface area is 117 Å². The fourth-order valence-electron chi connectivity index (χ4n) is 2.82. The van der Waals surface area contributed by atoms with Gasteiger partial charge < -0.3 is 4.74 Å². The summed E-state index contributed by atoms with van der Waals surface area (Å²) in [6.07, 6.45) is 7.32. The van der Waals surface area contributed by atoms with Gasteiger partial charge in [0.05, 0.1) is 6.10 Å². The molecule has 19 heavy (non-hydrogen) atoms. The second kappa shape index (κ2) is 6.90. The largest absolute Gasteiger partial charge is 0.475 e. The molecule has 0 unspecified atom stereocenters. The first-order valence-corrected chi connectivity index (χ1v) is 7.57. The highest BCUT2D eigenvalue weighted by molar-refractivity contribution is 5.21. The molecule has 1 saturated heterocycles. The number of likely N-dealkylation sites (tertiary alicyclic amines) is 1. The highest BCUT2D eigenvalue weighted by Gasteiger charge is 2.23. The van der Waals surface area contributed by atoms with Crippen molar-refractivity contribution in [2.24, 2.45) is 0 Å². The predicted octanol–water partition coefficient (Wildman–Crippen LogP) is 3.81. The van der Waals surface area contributed by atoms with Gasteiger partial charge in [-0.15, -0.1) is 0 Å². The van der Waals surface area contributed by atoms with Gasteiger partial charge in [0.15, 0.2) is 0 Å². The van der Waals surface area contributed by atoms with E-state index in [0.29, 0.717) is 6.04 Å². The third-order valence-electron chi connectivity index (χ3n) is 3.62. The summed E-state index contributed by atoms with van der Waals surface area (Å²) >= 11 is 0. The van der Waals surface area contributed by atoms with Crippen molar-refractivity contribution in [1.29, 1.82) is 0 Å². The number of ether oxygens (including phenoxy) is 1. The average molecular weight is 262 g/mol. The van der Waals surface area contributed by atoms with E-state index in [1.807, 2.05) is 26.1 Å². The summed E-state index contributed by atoms with van der Waals surface area (Å²) < 4.78 is 5.61. The van der Waals surface area contributed by atoms with Crippen LogP contribution in [0.15, 0.2) is 18.3 Å². The van der Waals surface area contributed by atoms with Crippen LogP contribution in [0, 0.1) is 0 Å². The van der Waals surface area contributed by atoms with E-state index < -0.39 is 0 Å². The van der Waals surface area contributed by atoms with Gasteiger partial charge in [-0.05, 0) is 51.8 Å². The molecule has 0 bridgehead atoms. The average Bonchev–Trinajstić information content (AvgIpc) is 2.40. The Morgan fingerprint density at radius 3 is 2.84 bits per heavy atom. The third kappa shape index (κ3) is 3.93. The van der Waals surface area contributed by atoms with E-state index in [9.17, 15) is 0 Å². The molecule has 1 atom stereocenters. The third-order valence-corrected chi connectivity index (χ3v) is 3.62. The van der Waals surface area contributed by atoms with Crippen LogP contribution in [0.25, 0.3) is 0 Å². The maximum atomic E-state index is 5.61. The van der Waals surface area contributed by atoms with Crippen molar-refractivity contribution < 1.29 is 4.74 Å². The Hall–Kier alpha value is -1.09. The number of hydrogen-bond donors (Lipinski definition) is 0. The Morgan fingerprint density at radius 2 is 2.21 bits per heavy atom. The van der Waals surface area contributed by atoms with Crippen LogP contribution in [0.4, 0.5) is 0 Å². The molecule has 0 radical (unpaired) electrons. The van der Waals surface area contributed by atoms with Crippen molar-refractivity contribution in [3.63, 3.8) is 0 Å². The van der Waals surface area contributed by atoms with Crippen LogP contribution in [-0.2, 0) is 0 Å². The topological polar surface area (TPSA) is 25.4 Å². The standard InChI is InChI=1S/C16H26N2O/c1-4-10-18-11-6-5-7-15(18)14-8-9-16(17-12-14)19-13(2)3/h8-9,12-13,15H,4-7,10-11H2,1-3H3/t15-/m0/s1. The summed E-state index contributed by atoms with van der Waals surface area (Å²) in [5.74, 6) is 0.733. The minimum Gasteiger partial charge on any atom is -0.475 e. The molecule has 0 aliphatic carbocycles. The molecule has 3 nitrogen and oxygen atoms in total. The van der Waals surface area contributed by atoms with Crippen molar-refractivity contribution in [3.8, 4) is 5.88 Å². The smallest absolute Gasteiger partial charge is 0.213 e. The van der Waals surface area contributed by atoms with Crippen LogP contribution in [0.2, 0.25) is 0 Å².